The van der Waals surface area contributed by atoms with Crippen LogP contribution >= 0.6 is 23.2 Å². The normalized spacial score (nSPS) is 16.1. The molecule has 0 unspecified atom stereocenters. The zero-order valence-corrected chi connectivity index (χ0v) is 11.8. The molecule has 1 aromatic carbocycles. The van der Waals surface area contributed by atoms with Gasteiger partial charge in [-0.25, -0.2) is 0 Å². The smallest absolute Gasteiger partial charge is 0.387 e. The van der Waals surface area contributed by atoms with E-state index < -0.39 is 12.2 Å². The van der Waals surface area contributed by atoms with Crippen molar-refractivity contribution in [2.75, 3.05) is 0 Å². The molecule has 110 valence electrons. The minimum Gasteiger partial charge on any atom is -0.433 e. The number of hydrogen-bond donors (Lipinski definition) is 2. The molecule has 1 aromatic rings. The van der Waals surface area contributed by atoms with Crippen molar-refractivity contribution in [3.8, 4) is 5.75 Å². The molecule has 2 rings (SSSR count). The summed E-state index contributed by atoms with van der Waals surface area (Å²) in [5.41, 5.74) is 5.14. The maximum absolute atomic E-state index is 12.4. The fraction of sp³-hybridized carbons (Fsp3) is 0.417. The number of benzene rings is 1. The maximum atomic E-state index is 12.4. The summed E-state index contributed by atoms with van der Waals surface area (Å²) < 4.78 is 29.1. The SMILES string of the molecule is NC1(C(=O)NCc2cc(Cl)cc(Cl)c2OC(F)F)CC1. The van der Waals surface area contributed by atoms with E-state index in [4.69, 9.17) is 28.9 Å². The van der Waals surface area contributed by atoms with Crippen LogP contribution in [0.15, 0.2) is 12.1 Å². The van der Waals surface area contributed by atoms with Crippen LogP contribution in [-0.4, -0.2) is 18.1 Å². The van der Waals surface area contributed by atoms with Crippen LogP contribution in [0.5, 0.6) is 5.75 Å². The Morgan fingerprint density at radius 3 is 2.65 bits per heavy atom. The number of rotatable bonds is 5. The van der Waals surface area contributed by atoms with E-state index in [0.29, 0.717) is 12.8 Å². The molecular formula is C12H12Cl2F2N2O2. The van der Waals surface area contributed by atoms with Crippen molar-refractivity contribution >= 4 is 29.1 Å². The van der Waals surface area contributed by atoms with Gasteiger partial charge in [-0.3, -0.25) is 4.79 Å². The summed E-state index contributed by atoms with van der Waals surface area (Å²) in [6.45, 7) is -3.06. The van der Waals surface area contributed by atoms with Crippen molar-refractivity contribution in [1.82, 2.24) is 5.32 Å². The van der Waals surface area contributed by atoms with Crippen LogP contribution in [0.2, 0.25) is 10.0 Å². The number of alkyl halides is 2. The topological polar surface area (TPSA) is 64.4 Å². The average molecular weight is 325 g/mol. The van der Waals surface area contributed by atoms with Crippen molar-refractivity contribution in [2.45, 2.75) is 31.5 Å². The van der Waals surface area contributed by atoms with Gasteiger partial charge in [-0.15, -0.1) is 0 Å². The molecule has 4 nitrogen and oxygen atoms in total. The standard InChI is InChI=1S/C12H12Cl2F2N2O2/c13-7-3-6(5-18-10(19)12(17)1-2-12)9(8(14)4-7)20-11(15)16/h3-4,11H,1-2,5,17H2,(H,18,19). The summed E-state index contributed by atoms with van der Waals surface area (Å²) in [4.78, 5) is 11.7. The third-order valence-corrected chi connectivity index (χ3v) is 3.47. The van der Waals surface area contributed by atoms with Gasteiger partial charge in [-0.2, -0.15) is 8.78 Å². The first-order valence-corrected chi connectivity index (χ1v) is 6.57. The lowest BCUT2D eigenvalue weighted by Gasteiger charge is -2.15. The predicted octanol–water partition coefficient (Wildman–Crippen LogP) is 2.70. The second-order valence-corrected chi connectivity index (χ2v) is 5.44. The maximum Gasteiger partial charge on any atom is 0.387 e. The Bertz CT molecular complexity index is 536. The molecule has 8 heteroatoms. The Morgan fingerprint density at radius 2 is 2.10 bits per heavy atom. The number of amides is 1. The molecular weight excluding hydrogens is 313 g/mol. The number of carbonyl (C=O) groups is 1. The second kappa shape index (κ2) is 5.71. The van der Waals surface area contributed by atoms with E-state index >= 15 is 0 Å². The summed E-state index contributed by atoms with van der Waals surface area (Å²) in [5, 5.41) is 2.78. The van der Waals surface area contributed by atoms with E-state index in [0.717, 1.165) is 0 Å². The van der Waals surface area contributed by atoms with Crippen molar-refractivity contribution in [3.05, 3.63) is 27.7 Å². The fourth-order valence-electron chi connectivity index (χ4n) is 1.68. The van der Waals surface area contributed by atoms with Crippen molar-refractivity contribution in [2.24, 2.45) is 5.73 Å². The van der Waals surface area contributed by atoms with E-state index in [1.807, 2.05) is 0 Å². The Balaban J connectivity index is 2.14. The van der Waals surface area contributed by atoms with Crippen molar-refractivity contribution < 1.29 is 18.3 Å². The number of nitrogens with two attached hydrogens (primary N) is 1. The summed E-state index contributed by atoms with van der Waals surface area (Å²) in [6.07, 6.45) is 1.21. The lowest BCUT2D eigenvalue weighted by molar-refractivity contribution is -0.123. The summed E-state index contributed by atoms with van der Waals surface area (Å²) in [7, 11) is 0. The van der Waals surface area contributed by atoms with Gasteiger partial charge in [0.2, 0.25) is 5.91 Å². The molecule has 0 bridgehead atoms. The lowest BCUT2D eigenvalue weighted by atomic mass is 10.2. The average Bonchev–Trinajstić information content (AvgIpc) is 3.09. The number of carbonyl (C=O) groups excluding carboxylic acids is 1. The highest BCUT2D eigenvalue weighted by atomic mass is 35.5. The van der Waals surface area contributed by atoms with E-state index in [-0.39, 0.29) is 33.8 Å². The van der Waals surface area contributed by atoms with E-state index in [2.05, 4.69) is 10.1 Å². The van der Waals surface area contributed by atoms with Gasteiger partial charge < -0.3 is 15.8 Å². The predicted molar refractivity (Wildman–Crippen MR) is 71.1 cm³/mol. The fourth-order valence-corrected chi connectivity index (χ4v) is 2.26. The first-order valence-electron chi connectivity index (χ1n) is 5.82. The molecule has 0 saturated heterocycles. The Morgan fingerprint density at radius 1 is 1.45 bits per heavy atom. The van der Waals surface area contributed by atoms with Gasteiger partial charge in [0, 0.05) is 17.1 Å². The van der Waals surface area contributed by atoms with E-state index in [1.54, 1.807) is 0 Å². The van der Waals surface area contributed by atoms with Crippen molar-refractivity contribution in [1.29, 1.82) is 0 Å². The number of ether oxygens (including phenoxy) is 1. The van der Waals surface area contributed by atoms with Crippen LogP contribution in [-0.2, 0) is 11.3 Å². The number of nitrogens with one attached hydrogen (secondary N) is 1. The Labute approximate surface area is 124 Å². The highest BCUT2D eigenvalue weighted by Crippen LogP contribution is 2.35. The molecule has 0 atom stereocenters. The molecule has 1 saturated carbocycles. The summed E-state index contributed by atoms with van der Waals surface area (Å²) in [5.74, 6) is -0.537. The van der Waals surface area contributed by atoms with Crippen molar-refractivity contribution in [3.63, 3.8) is 0 Å². The van der Waals surface area contributed by atoms with Crippen LogP contribution in [0.3, 0.4) is 0 Å². The zero-order valence-electron chi connectivity index (χ0n) is 10.3. The molecule has 0 aliphatic heterocycles. The van der Waals surface area contributed by atoms with E-state index in [1.165, 1.54) is 12.1 Å². The minimum absolute atomic E-state index is 0.0416. The number of halogens is 4. The van der Waals surface area contributed by atoms with Gasteiger partial charge in [-0.1, -0.05) is 23.2 Å². The minimum atomic E-state index is -3.02. The quantitative estimate of drug-likeness (QED) is 0.875. The molecule has 0 radical (unpaired) electrons. The van der Waals surface area contributed by atoms with Crippen LogP contribution in [0.25, 0.3) is 0 Å². The van der Waals surface area contributed by atoms with Gasteiger partial charge >= 0.3 is 6.61 Å². The summed E-state index contributed by atoms with van der Waals surface area (Å²) in [6, 6.07) is 2.69. The Kier molecular flexibility index (Phi) is 4.36. The first-order chi connectivity index (χ1) is 9.32. The highest BCUT2D eigenvalue weighted by Gasteiger charge is 2.45. The summed E-state index contributed by atoms with van der Waals surface area (Å²) >= 11 is 11.6. The van der Waals surface area contributed by atoms with Gasteiger partial charge in [-0.05, 0) is 25.0 Å². The van der Waals surface area contributed by atoms with Gasteiger partial charge in [0.25, 0.3) is 0 Å². The zero-order chi connectivity index (χ0) is 14.9. The molecule has 1 aliphatic rings. The molecule has 0 aromatic heterocycles. The first kappa shape index (κ1) is 15.3. The number of hydrogen-bond acceptors (Lipinski definition) is 3. The molecule has 3 N–H and O–H groups in total. The van der Waals surface area contributed by atoms with Gasteiger partial charge in [0.1, 0.15) is 5.75 Å². The molecule has 1 fully saturated rings. The van der Waals surface area contributed by atoms with Crippen LogP contribution in [0.4, 0.5) is 8.78 Å². The Hall–Kier alpha value is -1.11. The lowest BCUT2D eigenvalue weighted by Crippen LogP contribution is -2.42. The van der Waals surface area contributed by atoms with Crippen LogP contribution in [0.1, 0.15) is 18.4 Å². The molecule has 1 amide bonds. The van der Waals surface area contributed by atoms with Crippen LogP contribution < -0.4 is 15.8 Å². The van der Waals surface area contributed by atoms with Gasteiger partial charge in [0.05, 0.1) is 10.6 Å². The van der Waals surface area contributed by atoms with E-state index in [9.17, 15) is 13.6 Å². The molecule has 0 spiro atoms. The third-order valence-electron chi connectivity index (χ3n) is 2.97. The highest BCUT2D eigenvalue weighted by molar-refractivity contribution is 6.35. The largest absolute Gasteiger partial charge is 0.433 e. The second-order valence-electron chi connectivity index (χ2n) is 4.59. The van der Waals surface area contributed by atoms with Gasteiger partial charge in [0.15, 0.2) is 0 Å². The molecule has 0 heterocycles. The van der Waals surface area contributed by atoms with Crippen LogP contribution in [0, 0.1) is 0 Å². The molecule has 1 aliphatic carbocycles. The monoisotopic (exact) mass is 324 g/mol. The molecule has 20 heavy (non-hydrogen) atoms. The third kappa shape index (κ3) is 3.50.